The molecule has 0 heterocycles. The standard InChI is InChI=1S/C19H26ClSi2/c1-14-7-8-19(16(3)9-14)21(13-20)17-10-15(2)11-18(12-17)22(4,5)6/h7-12H,13H2,1-6H3. The van der Waals surface area contributed by atoms with Crippen LogP contribution in [0.3, 0.4) is 0 Å². The SMILES string of the molecule is Cc1cc([Si](CCl)c2ccc(C)cc2C)cc([Si](C)(C)C)c1. The molecule has 0 saturated carbocycles. The molecule has 0 amide bonds. The van der Waals surface area contributed by atoms with Crippen LogP contribution in [0.25, 0.3) is 0 Å². The van der Waals surface area contributed by atoms with E-state index in [1.54, 1.807) is 5.19 Å². The van der Waals surface area contributed by atoms with Crippen LogP contribution in [0, 0.1) is 20.8 Å². The van der Waals surface area contributed by atoms with E-state index in [9.17, 15) is 0 Å². The van der Waals surface area contributed by atoms with Gasteiger partial charge >= 0.3 is 0 Å². The quantitative estimate of drug-likeness (QED) is 0.587. The van der Waals surface area contributed by atoms with Gasteiger partial charge in [0, 0.05) is 5.50 Å². The van der Waals surface area contributed by atoms with Gasteiger partial charge in [-0.05, 0) is 20.8 Å². The van der Waals surface area contributed by atoms with E-state index in [2.05, 4.69) is 76.8 Å². The maximum atomic E-state index is 6.42. The number of alkyl halides is 1. The van der Waals surface area contributed by atoms with Gasteiger partial charge in [0.15, 0.2) is 0 Å². The second-order valence-electron chi connectivity index (χ2n) is 7.27. The van der Waals surface area contributed by atoms with Crippen LogP contribution in [0.1, 0.15) is 16.7 Å². The molecule has 0 bridgehead atoms. The number of hydrogen-bond donors (Lipinski definition) is 0. The normalized spacial score (nSPS) is 12.0. The first kappa shape index (κ1) is 17.5. The van der Waals surface area contributed by atoms with Gasteiger partial charge in [0.1, 0.15) is 8.80 Å². The Balaban J connectivity index is 2.54. The Bertz CT molecular complexity index is 672. The van der Waals surface area contributed by atoms with Crippen LogP contribution in [-0.4, -0.2) is 22.4 Å². The van der Waals surface area contributed by atoms with Crippen molar-refractivity contribution in [2.45, 2.75) is 40.4 Å². The van der Waals surface area contributed by atoms with Crippen molar-refractivity contribution in [2.75, 3.05) is 5.50 Å². The molecule has 0 saturated heterocycles. The molecule has 22 heavy (non-hydrogen) atoms. The molecule has 1 radical (unpaired) electrons. The minimum absolute atomic E-state index is 0.725. The minimum atomic E-state index is -1.30. The maximum Gasteiger partial charge on any atom is 0.136 e. The fraction of sp³-hybridized carbons (Fsp3) is 0.368. The molecule has 0 unspecified atom stereocenters. The smallest absolute Gasteiger partial charge is 0.130 e. The number of halogens is 1. The second-order valence-corrected chi connectivity index (χ2v) is 15.5. The van der Waals surface area contributed by atoms with Gasteiger partial charge < -0.3 is 0 Å². The molecule has 3 heteroatoms. The van der Waals surface area contributed by atoms with Crippen LogP contribution < -0.4 is 15.6 Å². The van der Waals surface area contributed by atoms with Crippen molar-refractivity contribution in [3.05, 3.63) is 53.1 Å². The molecule has 2 aromatic carbocycles. The first-order chi connectivity index (χ1) is 10.2. The molecule has 2 rings (SSSR count). The number of hydrogen-bond acceptors (Lipinski definition) is 0. The van der Waals surface area contributed by atoms with E-state index in [-0.39, 0.29) is 0 Å². The fourth-order valence-corrected chi connectivity index (χ4v) is 7.31. The minimum Gasteiger partial charge on any atom is -0.130 e. The largest absolute Gasteiger partial charge is 0.136 e. The lowest BCUT2D eigenvalue weighted by atomic mass is 10.2. The molecule has 0 atom stereocenters. The van der Waals surface area contributed by atoms with E-state index >= 15 is 0 Å². The van der Waals surface area contributed by atoms with Crippen molar-refractivity contribution >= 4 is 44.0 Å². The van der Waals surface area contributed by atoms with Crippen LogP contribution >= 0.6 is 11.6 Å². The predicted molar refractivity (Wildman–Crippen MR) is 106 cm³/mol. The highest BCUT2D eigenvalue weighted by Crippen LogP contribution is 2.07. The third-order valence-corrected chi connectivity index (χ3v) is 9.42. The molecule has 0 spiro atoms. The molecular formula is C19H26ClSi2. The van der Waals surface area contributed by atoms with E-state index < -0.39 is 16.9 Å². The van der Waals surface area contributed by atoms with Crippen molar-refractivity contribution in [2.24, 2.45) is 0 Å². The van der Waals surface area contributed by atoms with E-state index in [0.29, 0.717) is 0 Å². The Morgan fingerprint density at radius 2 is 1.59 bits per heavy atom. The van der Waals surface area contributed by atoms with Gasteiger partial charge in [0.25, 0.3) is 0 Å². The zero-order valence-corrected chi connectivity index (χ0v) is 17.3. The highest BCUT2D eigenvalue weighted by Gasteiger charge is 2.22. The monoisotopic (exact) mass is 345 g/mol. The van der Waals surface area contributed by atoms with Crippen molar-refractivity contribution in [3.8, 4) is 0 Å². The zero-order chi connectivity index (χ0) is 16.5. The number of rotatable bonds is 4. The van der Waals surface area contributed by atoms with Gasteiger partial charge in [-0.2, -0.15) is 0 Å². The number of aryl methyl sites for hydroxylation is 3. The second kappa shape index (κ2) is 6.73. The maximum absolute atomic E-state index is 6.42. The van der Waals surface area contributed by atoms with Crippen molar-refractivity contribution in [3.63, 3.8) is 0 Å². The lowest BCUT2D eigenvalue weighted by Crippen LogP contribution is -2.49. The molecular weight excluding hydrogens is 320 g/mol. The average Bonchev–Trinajstić information content (AvgIpc) is 2.40. The molecule has 2 aromatic rings. The Morgan fingerprint density at radius 3 is 2.14 bits per heavy atom. The molecule has 0 N–H and O–H groups in total. The van der Waals surface area contributed by atoms with Gasteiger partial charge in [0.05, 0.1) is 8.07 Å². The van der Waals surface area contributed by atoms with E-state index in [4.69, 9.17) is 11.6 Å². The molecule has 0 aliphatic heterocycles. The lowest BCUT2D eigenvalue weighted by molar-refractivity contribution is 1.41. The summed E-state index contributed by atoms with van der Waals surface area (Å²) in [6, 6.07) is 13.9. The summed E-state index contributed by atoms with van der Waals surface area (Å²) in [5, 5.41) is 4.46. The zero-order valence-electron chi connectivity index (χ0n) is 14.5. The van der Waals surface area contributed by atoms with Crippen molar-refractivity contribution in [1.82, 2.24) is 0 Å². The van der Waals surface area contributed by atoms with Crippen LogP contribution in [0.2, 0.25) is 19.6 Å². The van der Waals surface area contributed by atoms with Crippen LogP contribution in [-0.2, 0) is 0 Å². The molecule has 117 valence electrons. The van der Waals surface area contributed by atoms with Crippen molar-refractivity contribution in [1.29, 1.82) is 0 Å². The third kappa shape index (κ3) is 3.92. The van der Waals surface area contributed by atoms with E-state index in [1.165, 1.54) is 27.1 Å². The van der Waals surface area contributed by atoms with Crippen LogP contribution in [0.4, 0.5) is 0 Å². The summed E-state index contributed by atoms with van der Waals surface area (Å²) in [6.07, 6.45) is 0. The summed E-state index contributed by atoms with van der Waals surface area (Å²) >= 11 is 6.42. The summed E-state index contributed by atoms with van der Waals surface area (Å²) in [7, 11) is -2.21. The van der Waals surface area contributed by atoms with Gasteiger partial charge in [-0.1, -0.05) is 88.3 Å². The average molecular weight is 346 g/mol. The Morgan fingerprint density at radius 1 is 0.909 bits per heavy atom. The van der Waals surface area contributed by atoms with Gasteiger partial charge in [-0.25, -0.2) is 0 Å². The summed E-state index contributed by atoms with van der Waals surface area (Å²) in [4.78, 5) is 0. The highest BCUT2D eigenvalue weighted by molar-refractivity contribution is 6.92. The topological polar surface area (TPSA) is 0 Å². The Hall–Kier alpha value is -0.836. The Labute approximate surface area is 143 Å². The van der Waals surface area contributed by atoms with Crippen LogP contribution in [0.15, 0.2) is 36.4 Å². The fourth-order valence-electron chi connectivity index (χ4n) is 2.85. The molecule has 0 aliphatic rings. The molecule has 0 fully saturated rings. The van der Waals surface area contributed by atoms with Gasteiger partial charge in [-0.3, -0.25) is 0 Å². The molecule has 0 nitrogen and oxygen atoms in total. The highest BCUT2D eigenvalue weighted by atomic mass is 35.5. The first-order valence-corrected chi connectivity index (χ1v) is 13.6. The molecule has 0 aliphatic carbocycles. The van der Waals surface area contributed by atoms with E-state index in [1.807, 2.05) is 0 Å². The van der Waals surface area contributed by atoms with Crippen molar-refractivity contribution < 1.29 is 0 Å². The summed E-state index contributed by atoms with van der Waals surface area (Å²) in [5.74, 6) is 0. The number of benzene rings is 2. The Kier molecular flexibility index (Phi) is 5.36. The van der Waals surface area contributed by atoms with Crippen LogP contribution in [0.5, 0.6) is 0 Å². The summed E-state index contributed by atoms with van der Waals surface area (Å²) in [5.41, 5.74) is 4.80. The van der Waals surface area contributed by atoms with Gasteiger partial charge in [-0.15, -0.1) is 11.6 Å². The third-order valence-electron chi connectivity index (χ3n) is 4.13. The van der Waals surface area contributed by atoms with E-state index in [0.717, 1.165) is 5.50 Å². The van der Waals surface area contributed by atoms with Gasteiger partial charge in [0.2, 0.25) is 0 Å². The first-order valence-electron chi connectivity index (χ1n) is 7.84. The summed E-state index contributed by atoms with van der Waals surface area (Å²) < 4.78 is 0. The summed E-state index contributed by atoms with van der Waals surface area (Å²) in [6.45, 7) is 13.8. The lowest BCUT2D eigenvalue weighted by Gasteiger charge is -2.22. The predicted octanol–water partition coefficient (Wildman–Crippen LogP) is 3.54. The molecule has 0 aromatic heterocycles.